The van der Waals surface area contributed by atoms with E-state index in [1.165, 1.54) is 0 Å². The molecule has 2 atom stereocenters. The van der Waals surface area contributed by atoms with E-state index in [0.717, 1.165) is 58.6 Å². The molecule has 2 unspecified atom stereocenters. The lowest BCUT2D eigenvalue weighted by Gasteiger charge is -2.53. The van der Waals surface area contributed by atoms with Gasteiger partial charge in [-0.25, -0.2) is 0 Å². The van der Waals surface area contributed by atoms with Gasteiger partial charge >= 0.3 is 0 Å². The highest BCUT2D eigenvalue weighted by molar-refractivity contribution is 5.04. The van der Waals surface area contributed by atoms with Gasteiger partial charge in [-0.3, -0.25) is 4.90 Å². The Bertz CT molecular complexity index is 283. The molecule has 0 aromatic carbocycles. The smallest absolute Gasteiger partial charge is 0.0951 e. The highest BCUT2D eigenvalue weighted by Gasteiger charge is 2.47. The molecule has 0 radical (unpaired) electrons. The van der Waals surface area contributed by atoms with Gasteiger partial charge in [-0.1, -0.05) is 6.92 Å². The second kappa shape index (κ2) is 4.19. The number of likely N-dealkylation sites (tertiary alicyclic amines) is 1. The standard InChI is InChI=1S/C13H24N2O2/c1-2-12(14)8-15(9-12)11-3-5-17-13(7-11)4-6-16-10-13/h11H,2-10,14H2,1H3. The maximum Gasteiger partial charge on any atom is 0.0951 e. The second-order valence-electron chi connectivity index (χ2n) is 6.10. The Morgan fingerprint density at radius 3 is 2.82 bits per heavy atom. The number of nitrogens with zero attached hydrogens (tertiary/aromatic N) is 1. The van der Waals surface area contributed by atoms with Crippen LogP contribution in [0.4, 0.5) is 0 Å². The minimum atomic E-state index is 0.0297. The minimum Gasteiger partial charge on any atom is -0.378 e. The van der Waals surface area contributed by atoms with Gasteiger partial charge in [0.05, 0.1) is 12.2 Å². The molecule has 3 aliphatic rings. The van der Waals surface area contributed by atoms with Crippen LogP contribution in [0.3, 0.4) is 0 Å². The van der Waals surface area contributed by atoms with E-state index in [-0.39, 0.29) is 11.1 Å². The quantitative estimate of drug-likeness (QED) is 0.773. The molecule has 3 heterocycles. The fourth-order valence-corrected chi connectivity index (χ4v) is 3.42. The van der Waals surface area contributed by atoms with Crippen LogP contribution in [0.1, 0.15) is 32.6 Å². The first-order valence-electron chi connectivity index (χ1n) is 6.89. The summed E-state index contributed by atoms with van der Waals surface area (Å²) in [5.41, 5.74) is 6.36. The summed E-state index contributed by atoms with van der Waals surface area (Å²) in [6, 6.07) is 0.661. The van der Waals surface area contributed by atoms with Gasteiger partial charge in [-0.2, -0.15) is 0 Å². The molecule has 0 aromatic rings. The maximum absolute atomic E-state index is 6.25. The largest absolute Gasteiger partial charge is 0.378 e. The average molecular weight is 240 g/mol. The SMILES string of the molecule is CCC1(N)CN(C2CCOC3(CCOC3)C2)C1. The van der Waals surface area contributed by atoms with Crippen molar-refractivity contribution < 1.29 is 9.47 Å². The molecule has 0 aliphatic carbocycles. The first-order chi connectivity index (χ1) is 8.15. The van der Waals surface area contributed by atoms with Gasteiger partial charge in [-0.15, -0.1) is 0 Å². The van der Waals surface area contributed by atoms with Gasteiger partial charge in [0.25, 0.3) is 0 Å². The number of hydrogen-bond donors (Lipinski definition) is 1. The topological polar surface area (TPSA) is 47.7 Å². The third-order valence-electron chi connectivity index (χ3n) is 4.79. The molecule has 0 amide bonds. The summed E-state index contributed by atoms with van der Waals surface area (Å²) >= 11 is 0. The second-order valence-corrected chi connectivity index (χ2v) is 6.10. The molecule has 17 heavy (non-hydrogen) atoms. The van der Waals surface area contributed by atoms with Crippen LogP contribution >= 0.6 is 0 Å². The van der Waals surface area contributed by atoms with Gasteiger partial charge < -0.3 is 15.2 Å². The number of nitrogens with two attached hydrogens (primary N) is 1. The van der Waals surface area contributed by atoms with E-state index in [9.17, 15) is 0 Å². The summed E-state index contributed by atoms with van der Waals surface area (Å²) in [6.45, 7) is 6.85. The third-order valence-corrected chi connectivity index (χ3v) is 4.79. The van der Waals surface area contributed by atoms with E-state index in [2.05, 4.69) is 11.8 Å². The molecule has 0 aromatic heterocycles. The Hall–Kier alpha value is -0.160. The summed E-state index contributed by atoms with van der Waals surface area (Å²) in [5, 5.41) is 0. The average Bonchev–Trinajstić information content (AvgIpc) is 2.73. The first-order valence-corrected chi connectivity index (χ1v) is 6.89. The van der Waals surface area contributed by atoms with E-state index < -0.39 is 0 Å². The lowest BCUT2D eigenvalue weighted by atomic mass is 9.82. The van der Waals surface area contributed by atoms with Gasteiger partial charge in [0.15, 0.2) is 0 Å². The highest BCUT2D eigenvalue weighted by Crippen LogP contribution is 2.37. The van der Waals surface area contributed by atoms with Crippen molar-refractivity contribution in [2.24, 2.45) is 5.73 Å². The van der Waals surface area contributed by atoms with Crippen molar-refractivity contribution in [2.45, 2.75) is 49.8 Å². The summed E-state index contributed by atoms with van der Waals surface area (Å²) in [5.74, 6) is 0. The molecule has 1 spiro atoms. The Morgan fingerprint density at radius 1 is 1.35 bits per heavy atom. The van der Waals surface area contributed by atoms with Crippen LogP contribution in [0.25, 0.3) is 0 Å². The summed E-state index contributed by atoms with van der Waals surface area (Å²) in [6.07, 6.45) is 4.44. The third kappa shape index (κ3) is 2.12. The van der Waals surface area contributed by atoms with Crippen molar-refractivity contribution in [3.05, 3.63) is 0 Å². The predicted octanol–water partition coefficient (Wildman–Crippen LogP) is 0.748. The van der Waals surface area contributed by atoms with Gasteiger partial charge in [0, 0.05) is 44.3 Å². The molecule has 4 heteroatoms. The predicted molar refractivity (Wildman–Crippen MR) is 65.9 cm³/mol. The van der Waals surface area contributed by atoms with Crippen molar-refractivity contribution >= 4 is 0 Å². The molecule has 98 valence electrons. The van der Waals surface area contributed by atoms with Crippen molar-refractivity contribution in [2.75, 3.05) is 32.9 Å². The van der Waals surface area contributed by atoms with E-state index in [0.29, 0.717) is 6.04 Å². The van der Waals surface area contributed by atoms with Crippen LogP contribution in [0.2, 0.25) is 0 Å². The highest BCUT2D eigenvalue weighted by atomic mass is 16.6. The molecule has 3 aliphatic heterocycles. The van der Waals surface area contributed by atoms with E-state index in [4.69, 9.17) is 15.2 Å². The van der Waals surface area contributed by atoms with Gasteiger partial charge in [0.1, 0.15) is 0 Å². The summed E-state index contributed by atoms with van der Waals surface area (Å²) in [4.78, 5) is 2.55. The zero-order chi connectivity index (χ0) is 11.9. The first kappa shape index (κ1) is 11.9. The number of ether oxygens (including phenoxy) is 2. The summed E-state index contributed by atoms with van der Waals surface area (Å²) < 4.78 is 11.5. The molecule has 0 saturated carbocycles. The molecular formula is C13H24N2O2. The molecule has 3 fully saturated rings. The van der Waals surface area contributed by atoms with Crippen LogP contribution < -0.4 is 5.73 Å². The molecule has 0 bridgehead atoms. The van der Waals surface area contributed by atoms with Crippen molar-refractivity contribution in [1.29, 1.82) is 0 Å². The lowest BCUT2D eigenvalue weighted by molar-refractivity contribution is -0.122. The van der Waals surface area contributed by atoms with E-state index >= 15 is 0 Å². The fourth-order valence-electron chi connectivity index (χ4n) is 3.42. The number of hydrogen-bond acceptors (Lipinski definition) is 4. The van der Waals surface area contributed by atoms with E-state index in [1.54, 1.807) is 0 Å². The molecular weight excluding hydrogens is 216 g/mol. The van der Waals surface area contributed by atoms with Gasteiger partial charge in [0.2, 0.25) is 0 Å². The zero-order valence-corrected chi connectivity index (χ0v) is 10.8. The normalized spacial score (nSPS) is 41.6. The fraction of sp³-hybridized carbons (Fsp3) is 1.00. The van der Waals surface area contributed by atoms with Crippen LogP contribution in [-0.4, -0.2) is 55.0 Å². The van der Waals surface area contributed by atoms with Gasteiger partial charge in [-0.05, 0) is 19.3 Å². The Morgan fingerprint density at radius 2 is 2.18 bits per heavy atom. The molecule has 3 rings (SSSR count). The molecule has 3 saturated heterocycles. The molecule has 2 N–H and O–H groups in total. The Labute approximate surface area is 103 Å². The minimum absolute atomic E-state index is 0.0297. The van der Waals surface area contributed by atoms with Crippen molar-refractivity contribution in [3.8, 4) is 0 Å². The Kier molecular flexibility index (Phi) is 2.94. The monoisotopic (exact) mass is 240 g/mol. The van der Waals surface area contributed by atoms with Crippen molar-refractivity contribution in [1.82, 2.24) is 4.90 Å². The van der Waals surface area contributed by atoms with Crippen LogP contribution in [0, 0.1) is 0 Å². The molecule has 4 nitrogen and oxygen atoms in total. The summed E-state index contributed by atoms with van der Waals surface area (Å²) in [7, 11) is 0. The van der Waals surface area contributed by atoms with Crippen LogP contribution in [0.5, 0.6) is 0 Å². The number of rotatable bonds is 2. The Balaban J connectivity index is 1.58. The van der Waals surface area contributed by atoms with E-state index in [1.807, 2.05) is 0 Å². The van der Waals surface area contributed by atoms with Crippen molar-refractivity contribution in [3.63, 3.8) is 0 Å². The maximum atomic E-state index is 6.25. The lowest BCUT2D eigenvalue weighted by Crippen LogP contribution is -2.70. The van der Waals surface area contributed by atoms with Crippen LogP contribution in [-0.2, 0) is 9.47 Å². The zero-order valence-electron chi connectivity index (χ0n) is 10.8. The van der Waals surface area contributed by atoms with Crippen LogP contribution in [0.15, 0.2) is 0 Å².